The molecule has 0 bridgehead atoms. The maximum absolute atomic E-state index is 12.7. The van der Waals surface area contributed by atoms with Gasteiger partial charge in [-0.3, -0.25) is 9.78 Å². The molecule has 26 heavy (non-hydrogen) atoms. The molecule has 0 saturated heterocycles. The molecule has 0 radical (unpaired) electrons. The third kappa shape index (κ3) is 3.72. The molecule has 3 aromatic rings. The molecule has 1 atom stereocenters. The monoisotopic (exact) mass is 348 g/mol. The molecule has 2 N–H and O–H groups in total. The van der Waals surface area contributed by atoms with Gasteiger partial charge in [-0.1, -0.05) is 36.4 Å². The van der Waals surface area contributed by atoms with Crippen molar-refractivity contribution in [1.29, 1.82) is 0 Å². The number of hydrogen-bond acceptors (Lipinski definition) is 3. The summed E-state index contributed by atoms with van der Waals surface area (Å²) in [6.07, 6.45) is 1.84. The van der Waals surface area contributed by atoms with Crippen LogP contribution in [0.3, 0.4) is 0 Å². The summed E-state index contributed by atoms with van der Waals surface area (Å²) < 4.78 is 0. The van der Waals surface area contributed by atoms with Gasteiger partial charge in [0.1, 0.15) is 6.04 Å². The Morgan fingerprint density at radius 2 is 1.85 bits per heavy atom. The average molecular weight is 348 g/mol. The Morgan fingerprint density at radius 1 is 1.08 bits per heavy atom. The van der Waals surface area contributed by atoms with E-state index in [2.05, 4.69) is 10.3 Å². The van der Waals surface area contributed by atoms with E-state index >= 15 is 0 Å². The minimum absolute atomic E-state index is 0.223. The number of carbonyl (C=O) groups excluding carboxylic acids is 1. The van der Waals surface area contributed by atoms with Crippen LogP contribution in [0.4, 0.5) is 0 Å². The molecule has 0 fully saturated rings. The zero-order chi connectivity index (χ0) is 18.7. The van der Waals surface area contributed by atoms with Crippen molar-refractivity contribution in [3.8, 4) is 0 Å². The van der Waals surface area contributed by atoms with Crippen LogP contribution >= 0.6 is 0 Å². The highest BCUT2D eigenvalue weighted by Gasteiger charge is 2.22. The lowest BCUT2D eigenvalue weighted by Crippen LogP contribution is -2.42. The number of benzene rings is 2. The molecule has 0 unspecified atom stereocenters. The van der Waals surface area contributed by atoms with Gasteiger partial charge in [0, 0.05) is 18.0 Å². The molecule has 0 aliphatic heterocycles. The number of rotatable bonds is 5. The van der Waals surface area contributed by atoms with Gasteiger partial charge < -0.3 is 10.4 Å². The van der Waals surface area contributed by atoms with Crippen molar-refractivity contribution in [3.05, 3.63) is 77.0 Å². The lowest BCUT2D eigenvalue weighted by atomic mass is 10.0. The maximum atomic E-state index is 12.7. The molecule has 1 aromatic heterocycles. The first-order valence-corrected chi connectivity index (χ1v) is 8.39. The van der Waals surface area contributed by atoms with Crippen LogP contribution in [0, 0.1) is 13.8 Å². The van der Waals surface area contributed by atoms with E-state index in [0.29, 0.717) is 11.1 Å². The number of aromatic nitrogens is 1. The highest BCUT2D eigenvalue weighted by atomic mass is 16.4. The van der Waals surface area contributed by atoms with E-state index in [1.54, 1.807) is 24.4 Å². The number of carbonyl (C=O) groups is 2. The van der Waals surface area contributed by atoms with Crippen molar-refractivity contribution >= 4 is 22.8 Å². The topological polar surface area (TPSA) is 79.3 Å². The number of nitrogens with zero attached hydrogens (tertiary/aromatic N) is 1. The predicted molar refractivity (Wildman–Crippen MR) is 100 cm³/mol. The molecule has 5 nitrogen and oxygen atoms in total. The highest BCUT2D eigenvalue weighted by Crippen LogP contribution is 2.17. The average Bonchev–Trinajstić information content (AvgIpc) is 2.63. The molecular weight excluding hydrogens is 328 g/mol. The second-order valence-electron chi connectivity index (χ2n) is 6.37. The minimum Gasteiger partial charge on any atom is -0.480 e. The van der Waals surface area contributed by atoms with Crippen LogP contribution in [0.15, 0.2) is 54.7 Å². The Kier molecular flexibility index (Phi) is 4.98. The minimum atomic E-state index is -1.07. The van der Waals surface area contributed by atoms with E-state index < -0.39 is 17.9 Å². The lowest BCUT2D eigenvalue weighted by Gasteiger charge is -2.16. The second-order valence-corrected chi connectivity index (χ2v) is 6.37. The highest BCUT2D eigenvalue weighted by molar-refractivity contribution is 6.06. The SMILES string of the molecule is Cc1ccc(C[C@@H](NC(=O)c2cccc3cccnc23)C(=O)O)cc1C. The molecule has 132 valence electrons. The standard InChI is InChI=1S/C21H20N2O3/c1-13-8-9-15(11-14(13)2)12-18(21(25)26)23-20(24)17-7-3-5-16-6-4-10-22-19(16)17/h3-11,18H,12H2,1-2H3,(H,23,24)(H,25,26)/t18-/m1/s1. The summed E-state index contributed by atoms with van der Waals surface area (Å²) in [6.45, 7) is 3.98. The number of carboxylic acid groups (broad SMARTS) is 1. The van der Waals surface area contributed by atoms with Crippen LogP contribution in [0.25, 0.3) is 10.9 Å². The molecule has 1 heterocycles. The summed E-state index contributed by atoms with van der Waals surface area (Å²) in [6, 6.07) is 13.7. The van der Waals surface area contributed by atoms with Crippen molar-refractivity contribution in [1.82, 2.24) is 10.3 Å². The van der Waals surface area contributed by atoms with Crippen molar-refractivity contribution in [2.75, 3.05) is 0 Å². The number of aliphatic carboxylic acids is 1. The van der Waals surface area contributed by atoms with Gasteiger partial charge in [-0.2, -0.15) is 0 Å². The summed E-state index contributed by atoms with van der Waals surface area (Å²) in [5.41, 5.74) is 4.04. The number of fused-ring (bicyclic) bond motifs is 1. The van der Waals surface area contributed by atoms with Crippen LogP contribution in [0.1, 0.15) is 27.0 Å². The summed E-state index contributed by atoms with van der Waals surface area (Å²) in [5.74, 6) is -1.50. The van der Waals surface area contributed by atoms with Crippen molar-refractivity contribution < 1.29 is 14.7 Å². The van der Waals surface area contributed by atoms with Gasteiger partial charge in [0.05, 0.1) is 11.1 Å². The number of pyridine rings is 1. The van der Waals surface area contributed by atoms with Crippen LogP contribution in [0.5, 0.6) is 0 Å². The molecule has 0 aliphatic carbocycles. The van der Waals surface area contributed by atoms with Gasteiger partial charge >= 0.3 is 5.97 Å². The van der Waals surface area contributed by atoms with E-state index in [0.717, 1.165) is 22.1 Å². The Hall–Kier alpha value is -3.21. The Bertz CT molecular complexity index is 977. The Labute approximate surface area is 151 Å². The molecule has 0 spiro atoms. The third-order valence-electron chi connectivity index (χ3n) is 4.49. The fourth-order valence-corrected chi connectivity index (χ4v) is 2.89. The number of nitrogens with one attached hydrogen (secondary N) is 1. The first-order chi connectivity index (χ1) is 12.5. The number of hydrogen-bond donors (Lipinski definition) is 2. The maximum Gasteiger partial charge on any atom is 0.326 e. The normalized spacial score (nSPS) is 11.9. The summed E-state index contributed by atoms with van der Waals surface area (Å²) in [5, 5.41) is 13.0. The number of carboxylic acids is 1. The largest absolute Gasteiger partial charge is 0.480 e. The van der Waals surface area contributed by atoms with Crippen LogP contribution in [0.2, 0.25) is 0 Å². The Balaban J connectivity index is 1.84. The van der Waals surface area contributed by atoms with Crippen LogP contribution in [-0.4, -0.2) is 28.0 Å². The molecule has 0 saturated carbocycles. The first-order valence-electron chi connectivity index (χ1n) is 8.39. The number of aryl methyl sites for hydroxylation is 2. The predicted octanol–water partition coefficient (Wildman–Crippen LogP) is 3.28. The van der Waals surface area contributed by atoms with Crippen LogP contribution in [-0.2, 0) is 11.2 Å². The zero-order valence-electron chi connectivity index (χ0n) is 14.7. The van der Waals surface area contributed by atoms with E-state index in [9.17, 15) is 14.7 Å². The second kappa shape index (κ2) is 7.35. The number of amides is 1. The van der Waals surface area contributed by atoms with E-state index in [1.807, 2.05) is 44.2 Å². The van der Waals surface area contributed by atoms with E-state index in [4.69, 9.17) is 0 Å². The smallest absolute Gasteiger partial charge is 0.326 e. The molecule has 5 heteroatoms. The molecule has 2 aromatic carbocycles. The lowest BCUT2D eigenvalue weighted by molar-refractivity contribution is -0.139. The van der Waals surface area contributed by atoms with E-state index in [1.165, 1.54) is 0 Å². The van der Waals surface area contributed by atoms with Crippen molar-refractivity contribution in [3.63, 3.8) is 0 Å². The summed E-state index contributed by atoms with van der Waals surface area (Å²) in [7, 11) is 0. The van der Waals surface area contributed by atoms with Crippen molar-refractivity contribution in [2.45, 2.75) is 26.3 Å². The number of para-hydroxylation sites is 1. The summed E-state index contributed by atoms with van der Waals surface area (Å²) >= 11 is 0. The van der Waals surface area contributed by atoms with E-state index in [-0.39, 0.29) is 6.42 Å². The quantitative estimate of drug-likeness (QED) is 0.742. The third-order valence-corrected chi connectivity index (χ3v) is 4.49. The van der Waals surface area contributed by atoms with Crippen LogP contribution < -0.4 is 5.32 Å². The Morgan fingerprint density at radius 3 is 2.58 bits per heavy atom. The van der Waals surface area contributed by atoms with Crippen molar-refractivity contribution in [2.24, 2.45) is 0 Å². The van der Waals surface area contributed by atoms with Gasteiger partial charge in [-0.25, -0.2) is 4.79 Å². The zero-order valence-corrected chi connectivity index (χ0v) is 14.7. The van der Waals surface area contributed by atoms with Gasteiger partial charge in [-0.05, 0) is 42.7 Å². The molecular formula is C21H20N2O3. The van der Waals surface area contributed by atoms with Gasteiger partial charge in [-0.15, -0.1) is 0 Å². The fourth-order valence-electron chi connectivity index (χ4n) is 2.89. The molecule has 3 rings (SSSR count). The fraction of sp³-hybridized carbons (Fsp3) is 0.190. The van der Waals surface area contributed by atoms with Gasteiger partial charge in [0.25, 0.3) is 5.91 Å². The molecule has 0 aliphatic rings. The first kappa shape index (κ1) is 17.6. The summed E-state index contributed by atoms with van der Waals surface area (Å²) in [4.78, 5) is 28.6. The van der Waals surface area contributed by atoms with Gasteiger partial charge in [0.15, 0.2) is 0 Å². The van der Waals surface area contributed by atoms with Gasteiger partial charge in [0.2, 0.25) is 0 Å². The molecule has 1 amide bonds.